The molecule has 9 heteroatoms. The molecule has 0 amide bonds. The van der Waals surface area contributed by atoms with Crippen LogP contribution in [0.2, 0.25) is 0 Å². The molecule has 0 aliphatic carbocycles. The van der Waals surface area contributed by atoms with Crippen molar-refractivity contribution in [2.45, 2.75) is 24.2 Å². The summed E-state index contributed by atoms with van der Waals surface area (Å²) in [5.74, 6) is 0.404. The topological polar surface area (TPSA) is 63.4 Å². The molecular weight excluding hydrogens is 381 g/mol. The van der Waals surface area contributed by atoms with Crippen LogP contribution >= 0.6 is 0 Å². The van der Waals surface area contributed by atoms with Crippen molar-refractivity contribution in [2.75, 3.05) is 0 Å². The minimum atomic E-state index is -4.54. The van der Waals surface area contributed by atoms with E-state index < -0.39 is 21.8 Å². The van der Waals surface area contributed by atoms with Crippen LogP contribution in [0.3, 0.4) is 0 Å². The van der Waals surface area contributed by atoms with Gasteiger partial charge in [-0.25, -0.2) is 8.42 Å². The summed E-state index contributed by atoms with van der Waals surface area (Å²) in [6.07, 6.45) is -1.59. The molecule has 2 heterocycles. The van der Waals surface area contributed by atoms with Gasteiger partial charge in [0.15, 0.2) is 0 Å². The molecule has 0 spiro atoms. The molecule has 142 valence electrons. The van der Waals surface area contributed by atoms with Crippen LogP contribution < -0.4 is 0 Å². The van der Waals surface area contributed by atoms with E-state index in [1.807, 2.05) is 0 Å². The van der Waals surface area contributed by atoms with Crippen molar-refractivity contribution in [1.82, 2.24) is 9.29 Å². The Morgan fingerprint density at radius 3 is 2.26 bits per heavy atom. The van der Waals surface area contributed by atoms with Gasteiger partial charge in [-0.3, -0.25) is 4.98 Å². The highest BCUT2D eigenvalue weighted by atomic mass is 32.2. The van der Waals surface area contributed by atoms with Crippen LogP contribution in [-0.4, -0.2) is 17.7 Å². The fourth-order valence-electron chi connectivity index (χ4n) is 2.44. The molecule has 0 aliphatic heterocycles. The highest BCUT2D eigenvalue weighted by Crippen LogP contribution is 2.30. The molecule has 27 heavy (non-hydrogen) atoms. The number of halogens is 3. The van der Waals surface area contributed by atoms with Crippen LogP contribution in [0.25, 0.3) is 0 Å². The second kappa shape index (κ2) is 7.53. The van der Waals surface area contributed by atoms with E-state index in [9.17, 15) is 21.6 Å². The Labute approximate surface area is 154 Å². The predicted octanol–water partition coefficient (Wildman–Crippen LogP) is 4.08. The zero-order chi connectivity index (χ0) is 19.5. The van der Waals surface area contributed by atoms with Crippen LogP contribution in [0.5, 0.6) is 0 Å². The first-order valence-corrected chi connectivity index (χ1v) is 9.30. The minimum absolute atomic E-state index is 0.0507. The number of benzene rings is 1. The fourth-order valence-corrected chi connectivity index (χ4v) is 3.82. The van der Waals surface area contributed by atoms with E-state index in [1.54, 1.807) is 30.3 Å². The van der Waals surface area contributed by atoms with Crippen LogP contribution in [0, 0.1) is 0 Å². The standard InChI is InChI=1S/C18H15F3N2O3S/c19-18(20,21)14-6-8-17(9-7-14)27(24,25)23(13-16-5-3-11-26-16)12-15-4-1-2-10-22-15/h1-11H,12-13H2. The lowest BCUT2D eigenvalue weighted by Gasteiger charge is -2.21. The van der Waals surface area contributed by atoms with E-state index in [0.717, 1.165) is 28.6 Å². The summed E-state index contributed by atoms with van der Waals surface area (Å²) in [6.45, 7) is -0.127. The largest absolute Gasteiger partial charge is 0.468 e. The highest BCUT2D eigenvalue weighted by molar-refractivity contribution is 7.89. The van der Waals surface area contributed by atoms with Crippen LogP contribution in [-0.2, 0) is 29.3 Å². The van der Waals surface area contributed by atoms with Gasteiger partial charge in [-0.2, -0.15) is 17.5 Å². The zero-order valence-corrected chi connectivity index (χ0v) is 14.7. The van der Waals surface area contributed by atoms with E-state index in [2.05, 4.69) is 4.98 Å². The Morgan fingerprint density at radius 1 is 0.963 bits per heavy atom. The first-order valence-electron chi connectivity index (χ1n) is 7.86. The molecule has 1 aromatic carbocycles. The van der Waals surface area contributed by atoms with E-state index >= 15 is 0 Å². The van der Waals surface area contributed by atoms with E-state index in [-0.39, 0.29) is 18.0 Å². The van der Waals surface area contributed by atoms with Gasteiger partial charge in [0.25, 0.3) is 0 Å². The van der Waals surface area contributed by atoms with Gasteiger partial charge in [0.05, 0.1) is 35.5 Å². The van der Waals surface area contributed by atoms with Gasteiger partial charge < -0.3 is 4.42 Å². The molecule has 0 fully saturated rings. The molecule has 0 saturated carbocycles. The first-order chi connectivity index (χ1) is 12.8. The Kier molecular flexibility index (Phi) is 5.33. The Balaban J connectivity index is 1.93. The normalized spacial score (nSPS) is 12.4. The van der Waals surface area contributed by atoms with E-state index in [4.69, 9.17) is 4.42 Å². The lowest BCUT2D eigenvalue weighted by atomic mass is 10.2. The number of alkyl halides is 3. The van der Waals surface area contributed by atoms with Crippen molar-refractivity contribution >= 4 is 10.0 Å². The number of sulfonamides is 1. The van der Waals surface area contributed by atoms with Crippen LogP contribution in [0.4, 0.5) is 13.2 Å². The van der Waals surface area contributed by atoms with Gasteiger partial charge in [0.1, 0.15) is 5.76 Å². The molecule has 0 saturated heterocycles. The molecule has 0 radical (unpaired) electrons. The van der Waals surface area contributed by atoms with E-state index in [1.165, 1.54) is 12.5 Å². The van der Waals surface area contributed by atoms with Crippen LogP contribution in [0.15, 0.2) is 76.4 Å². The monoisotopic (exact) mass is 396 g/mol. The highest BCUT2D eigenvalue weighted by Gasteiger charge is 2.32. The Hall–Kier alpha value is -2.65. The minimum Gasteiger partial charge on any atom is -0.468 e. The Bertz CT molecular complexity index is 971. The maximum Gasteiger partial charge on any atom is 0.416 e. The summed E-state index contributed by atoms with van der Waals surface area (Å²) < 4.78 is 70.5. The lowest BCUT2D eigenvalue weighted by Crippen LogP contribution is -2.30. The van der Waals surface area contributed by atoms with Crippen molar-refractivity contribution < 1.29 is 26.0 Å². The van der Waals surface area contributed by atoms with Crippen molar-refractivity contribution in [2.24, 2.45) is 0 Å². The molecule has 0 atom stereocenters. The average Bonchev–Trinajstić information content (AvgIpc) is 3.14. The second-order valence-corrected chi connectivity index (χ2v) is 7.63. The molecule has 0 aliphatic rings. The number of nitrogens with zero attached hydrogens (tertiary/aromatic N) is 2. The molecule has 0 unspecified atom stereocenters. The number of hydrogen-bond donors (Lipinski definition) is 0. The van der Waals surface area contributed by atoms with Gasteiger partial charge in [-0.15, -0.1) is 0 Å². The van der Waals surface area contributed by atoms with E-state index in [0.29, 0.717) is 11.5 Å². The number of pyridine rings is 1. The predicted molar refractivity (Wildman–Crippen MR) is 90.8 cm³/mol. The molecular formula is C18H15F3N2O3S. The molecule has 3 rings (SSSR count). The molecule has 5 nitrogen and oxygen atoms in total. The average molecular weight is 396 g/mol. The third-order valence-corrected chi connectivity index (χ3v) is 5.60. The smallest absolute Gasteiger partial charge is 0.416 e. The summed E-state index contributed by atoms with van der Waals surface area (Å²) in [7, 11) is -4.07. The molecule has 3 aromatic rings. The lowest BCUT2D eigenvalue weighted by molar-refractivity contribution is -0.137. The quantitative estimate of drug-likeness (QED) is 0.630. The molecule has 2 aromatic heterocycles. The fraction of sp³-hybridized carbons (Fsp3) is 0.167. The number of hydrogen-bond acceptors (Lipinski definition) is 4. The SMILES string of the molecule is O=S(=O)(c1ccc(C(F)(F)F)cc1)N(Cc1ccccn1)Cc1ccco1. The number of rotatable bonds is 6. The summed E-state index contributed by atoms with van der Waals surface area (Å²) in [4.78, 5) is 3.88. The second-order valence-electron chi connectivity index (χ2n) is 5.70. The van der Waals surface area contributed by atoms with Crippen molar-refractivity contribution in [3.8, 4) is 0 Å². The summed E-state index contributed by atoms with van der Waals surface area (Å²) >= 11 is 0. The number of aromatic nitrogens is 1. The van der Waals surface area contributed by atoms with Crippen molar-refractivity contribution in [3.05, 3.63) is 84.1 Å². The van der Waals surface area contributed by atoms with Gasteiger partial charge in [0.2, 0.25) is 10.0 Å². The summed E-state index contributed by atoms with van der Waals surface area (Å²) in [5, 5.41) is 0. The maximum absolute atomic E-state index is 13.0. The molecule has 0 bridgehead atoms. The maximum atomic E-state index is 13.0. The van der Waals surface area contributed by atoms with Gasteiger partial charge in [0, 0.05) is 6.20 Å². The van der Waals surface area contributed by atoms with Gasteiger partial charge >= 0.3 is 6.18 Å². The van der Waals surface area contributed by atoms with Crippen LogP contribution in [0.1, 0.15) is 17.0 Å². The first kappa shape index (κ1) is 19.1. The van der Waals surface area contributed by atoms with Gasteiger partial charge in [-0.1, -0.05) is 6.07 Å². The zero-order valence-electron chi connectivity index (χ0n) is 13.9. The van der Waals surface area contributed by atoms with Crippen molar-refractivity contribution in [3.63, 3.8) is 0 Å². The van der Waals surface area contributed by atoms with Crippen molar-refractivity contribution in [1.29, 1.82) is 0 Å². The molecule has 0 N–H and O–H groups in total. The number of furan rings is 1. The van der Waals surface area contributed by atoms with Gasteiger partial charge in [-0.05, 0) is 48.5 Å². The Morgan fingerprint density at radius 2 is 1.70 bits per heavy atom. The third-order valence-electron chi connectivity index (χ3n) is 3.80. The summed E-state index contributed by atoms with van der Waals surface area (Å²) in [6, 6.07) is 11.7. The summed E-state index contributed by atoms with van der Waals surface area (Å²) in [5.41, 5.74) is -0.414. The third kappa shape index (κ3) is 4.55.